The van der Waals surface area contributed by atoms with Crippen molar-refractivity contribution in [1.82, 2.24) is 0 Å². The molecule has 0 spiro atoms. The molecule has 0 aromatic heterocycles. The Kier molecular flexibility index (Phi) is 5.27. The first-order valence-electron chi connectivity index (χ1n) is 14.2. The molecule has 2 nitrogen and oxygen atoms in total. The summed E-state index contributed by atoms with van der Waals surface area (Å²) in [6.45, 7) is 2.27. The topological polar surface area (TPSA) is 37.3 Å². The summed E-state index contributed by atoms with van der Waals surface area (Å²) in [6, 6.07) is 0. The quantitative estimate of drug-likeness (QED) is 0.383. The van der Waals surface area contributed by atoms with Gasteiger partial charge >= 0.3 is 5.97 Å². The average molecular weight is 427 g/mol. The molecule has 0 amide bonds. The Morgan fingerprint density at radius 3 is 1.81 bits per heavy atom. The van der Waals surface area contributed by atoms with E-state index in [4.69, 9.17) is 0 Å². The molecule has 8 rings (SSSR count). The van der Waals surface area contributed by atoms with E-state index in [9.17, 15) is 9.90 Å². The monoisotopic (exact) mass is 426 g/mol. The fourth-order valence-corrected chi connectivity index (χ4v) is 11.7. The number of rotatable bonds is 9. The zero-order valence-electron chi connectivity index (χ0n) is 20.0. The Labute approximate surface area is 190 Å². The molecule has 8 aliphatic rings. The van der Waals surface area contributed by atoms with Gasteiger partial charge in [0.15, 0.2) is 0 Å². The minimum absolute atomic E-state index is 0.0559. The van der Waals surface area contributed by atoms with E-state index in [0.717, 1.165) is 48.3 Å². The number of carbonyl (C=O) groups is 1. The molecule has 8 fully saturated rings. The van der Waals surface area contributed by atoms with Crippen LogP contribution in [0.3, 0.4) is 0 Å². The Morgan fingerprint density at radius 2 is 1.29 bits per heavy atom. The predicted molar refractivity (Wildman–Crippen MR) is 125 cm³/mol. The molecule has 0 aromatic rings. The van der Waals surface area contributed by atoms with E-state index < -0.39 is 5.97 Å². The fourth-order valence-electron chi connectivity index (χ4n) is 11.7. The smallest absolute Gasteiger partial charge is 0.306 e. The molecule has 8 saturated carbocycles. The number of hydrogen-bond acceptors (Lipinski definition) is 1. The Hall–Kier alpha value is -0.530. The highest BCUT2D eigenvalue weighted by Crippen LogP contribution is 2.77. The summed E-state index contributed by atoms with van der Waals surface area (Å²) < 4.78 is 0. The summed E-state index contributed by atoms with van der Waals surface area (Å²) >= 11 is 0. The maximum atomic E-state index is 12.8. The van der Waals surface area contributed by atoms with Crippen LogP contribution in [0, 0.1) is 58.2 Å². The second-order valence-electron chi connectivity index (χ2n) is 13.6. The normalized spacial score (nSPS) is 50.2. The highest BCUT2D eigenvalue weighted by molar-refractivity contribution is 5.70. The number of hydrogen-bond donors (Lipinski definition) is 1. The summed E-state index contributed by atoms with van der Waals surface area (Å²) in [7, 11) is 0. The van der Waals surface area contributed by atoms with Crippen molar-refractivity contribution in [3.63, 3.8) is 0 Å². The lowest BCUT2D eigenvalue weighted by Gasteiger charge is -2.73. The third kappa shape index (κ3) is 3.27. The molecule has 0 saturated heterocycles. The summed E-state index contributed by atoms with van der Waals surface area (Å²) in [4.78, 5) is 12.8. The lowest BCUT2D eigenvalue weighted by atomic mass is 9.31. The van der Waals surface area contributed by atoms with Crippen molar-refractivity contribution in [2.45, 2.75) is 116 Å². The van der Waals surface area contributed by atoms with Crippen LogP contribution in [0.1, 0.15) is 116 Å². The number of carboxylic acids is 1. The lowest BCUT2D eigenvalue weighted by molar-refractivity contribution is -0.244. The molecule has 4 atom stereocenters. The van der Waals surface area contributed by atoms with Crippen LogP contribution in [0.25, 0.3) is 0 Å². The summed E-state index contributed by atoms with van der Waals surface area (Å²) in [5, 5.41) is 10.6. The molecule has 4 unspecified atom stereocenters. The standard InChI is InChI=1S/C29H46O2/c1-2-3-4-5-6-7-25(27(30)31)26-24-12-22-11-23(13-24)18-29(26,17-22)28-14-19-8-20(15-28)10-21(9-19)16-28/h19-26H,2-18H2,1H3,(H,30,31). The SMILES string of the molecule is CCCCCCCC(C(=O)O)C1C2CC3CC(C2)CC1(C12CC4CC(CC(C4)C1)C2)C3. The van der Waals surface area contributed by atoms with Crippen molar-refractivity contribution in [2.75, 3.05) is 0 Å². The van der Waals surface area contributed by atoms with Crippen LogP contribution in [0.2, 0.25) is 0 Å². The summed E-state index contributed by atoms with van der Waals surface area (Å²) in [5.74, 6) is 5.56. The van der Waals surface area contributed by atoms with E-state index in [1.54, 1.807) is 0 Å². The maximum Gasteiger partial charge on any atom is 0.306 e. The van der Waals surface area contributed by atoms with Crippen molar-refractivity contribution >= 4 is 5.97 Å². The maximum absolute atomic E-state index is 12.8. The van der Waals surface area contributed by atoms with Crippen molar-refractivity contribution in [2.24, 2.45) is 58.2 Å². The molecule has 174 valence electrons. The van der Waals surface area contributed by atoms with Crippen LogP contribution in [0.5, 0.6) is 0 Å². The third-order valence-electron chi connectivity index (χ3n) is 11.9. The molecule has 0 heterocycles. The summed E-state index contributed by atoms with van der Waals surface area (Å²) in [6.07, 6.45) is 23.2. The van der Waals surface area contributed by atoms with Crippen LogP contribution >= 0.6 is 0 Å². The molecular weight excluding hydrogens is 380 g/mol. The molecule has 0 radical (unpaired) electrons. The first kappa shape index (κ1) is 21.0. The largest absolute Gasteiger partial charge is 0.481 e. The molecule has 8 aliphatic carbocycles. The average Bonchev–Trinajstić information content (AvgIpc) is 2.70. The van der Waals surface area contributed by atoms with E-state index in [0.29, 0.717) is 16.7 Å². The number of carboxylic acid groups (broad SMARTS) is 1. The summed E-state index contributed by atoms with van der Waals surface area (Å²) in [5.41, 5.74) is 0.919. The number of aliphatic carboxylic acids is 1. The van der Waals surface area contributed by atoms with E-state index in [-0.39, 0.29) is 5.92 Å². The zero-order valence-corrected chi connectivity index (χ0v) is 20.0. The van der Waals surface area contributed by atoms with Gasteiger partial charge in [0.25, 0.3) is 0 Å². The highest BCUT2D eigenvalue weighted by atomic mass is 16.4. The Morgan fingerprint density at radius 1 is 0.774 bits per heavy atom. The van der Waals surface area contributed by atoms with Gasteiger partial charge in [0.2, 0.25) is 0 Å². The van der Waals surface area contributed by atoms with Crippen LogP contribution in [0.4, 0.5) is 0 Å². The van der Waals surface area contributed by atoms with Gasteiger partial charge in [-0.05, 0) is 129 Å². The van der Waals surface area contributed by atoms with Gasteiger partial charge in [-0.3, -0.25) is 4.79 Å². The van der Waals surface area contributed by atoms with Crippen LogP contribution in [-0.4, -0.2) is 11.1 Å². The minimum Gasteiger partial charge on any atom is -0.481 e. The Balaban J connectivity index is 1.33. The second kappa shape index (κ2) is 7.76. The Bertz CT molecular complexity index is 646. The molecular formula is C29H46O2. The van der Waals surface area contributed by atoms with Gasteiger partial charge in [0.1, 0.15) is 0 Å². The second-order valence-corrected chi connectivity index (χ2v) is 13.6. The first-order chi connectivity index (χ1) is 15.0. The van der Waals surface area contributed by atoms with Crippen molar-refractivity contribution in [1.29, 1.82) is 0 Å². The van der Waals surface area contributed by atoms with Crippen molar-refractivity contribution in [3.05, 3.63) is 0 Å². The van der Waals surface area contributed by atoms with Gasteiger partial charge < -0.3 is 5.11 Å². The van der Waals surface area contributed by atoms with E-state index >= 15 is 0 Å². The van der Waals surface area contributed by atoms with Crippen LogP contribution in [-0.2, 0) is 4.79 Å². The van der Waals surface area contributed by atoms with Gasteiger partial charge in [-0.15, -0.1) is 0 Å². The van der Waals surface area contributed by atoms with E-state index in [1.165, 1.54) is 96.3 Å². The first-order valence-corrected chi connectivity index (χ1v) is 14.2. The zero-order chi connectivity index (χ0) is 21.2. The molecule has 1 N–H and O–H groups in total. The van der Waals surface area contributed by atoms with Gasteiger partial charge in [-0.25, -0.2) is 0 Å². The van der Waals surface area contributed by atoms with E-state index in [1.807, 2.05) is 0 Å². The van der Waals surface area contributed by atoms with Gasteiger partial charge in [-0.1, -0.05) is 39.0 Å². The highest BCUT2D eigenvalue weighted by Gasteiger charge is 2.69. The predicted octanol–water partition coefficient (Wildman–Crippen LogP) is 7.71. The molecule has 31 heavy (non-hydrogen) atoms. The minimum atomic E-state index is -0.433. The lowest BCUT2D eigenvalue weighted by Crippen LogP contribution is -2.66. The third-order valence-corrected chi connectivity index (χ3v) is 11.9. The van der Waals surface area contributed by atoms with Crippen LogP contribution < -0.4 is 0 Å². The van der Waals surface area contributed by atoms with Crippen LogP contribution in [0.15, 0.2) is 0 Å². The number of unbranched alkanes of at least 4 members (excludes halogenated alkanes) is 4. The van der Waals surface area contributed by atoms with Gasteiger partial charge in [0, 0.05) is 0 Å². The van der Waals surface area contributed by atoms with Gasteiger partial charge in [0.05, 0.1) is 5.92 Å². The molecule has 8 bridgehead atoms. The molecule has 2 heteroatoms. The molecule has 0 aromatic carbocycles. The van der Waals surface area contributed by atoms with Gasteiger partial charge in [-0.2, -0.15) is 0 Å². The molecule has 0 aliphatic heterocycles. The van der Waals surface area contributed by atoms with Crippen molar-refractivity contribution in [3.8, 4) is 0 Å². The van der Waals surface area contributed by atoms with E-state index in [2.05, 4.69) is 6.92 Å². The fraction of sp³-hybridized carbons (Fsp3) is 0.966. The van der Waals surface area contributed by atoms with Crippen molar-refractivity contribution < 1.29 is 9.90 Å².